The Morgan fingerprint density at radius 3 is 3.00 bits per heavy atom. The maximum atomic E-state index is 12.4. The third-order valence-electron chi connectivity index (χ3n) is 3.49. The molecule has 0 spiro atoms. The molecule has 1 unspecified atom stereocenters. The lowest BCUT2D eigenvalue weighted by Crippen LogP contribution is -2.53. The first-order chi connectivity index (χ1) is 8.59. The third-order valence-corrected chi connectivity index (χ3v) is 4.05. The number of fused-ring (bicyclic) bond motifs is 2. The highest BCUT2D eigenvalue weighted by Crippen LogP contribution is 2.24. The number of carbonyl (C=O) groups excluding carboxylic acids is 1. The molecule has 0 radical (unpaired) electrons. The van der Waals surface area contributed by atoms with Gasteiger partial charge in [0.1, 0.15) is 5.69 Å². The van der Waals surface area contributed by atoms with Gasteiger partial charge in [0.25, 0.3) is 5.91 Å². The number of nitrogens with zero attached hydrogens (tertiary/aromatic N) is 2. The second kappa shape index (κ2) is 4.20. The van der Waals surface area contributed by atoms with Crippen LogP contribution in [0.1, 0.15) is 22.5 Å². The van der Waals surface area contributed by atoms with Crippen LogP contribution in [0.2, 0.25) is 0 Å². The quantitative estimate of drug-likeness (QED) is 0.721. The molecule has 0 N–H and O–H groups in total. The first kappa shape index (κ1) is 11.9. The van der Waals surface area contributed by atoms with Crippen molar-refractivity contribution in [2.24, 2.45) is 0 Å². The summed E-state index contributed by atoms with van der Waals surface area (Å²) < 4.78 is 7.91. The minimum absolute atomic E-state index is 0.104. The fourth-order valence-electron chi connectivity index (χ4n) is 2.57. The highest BCUT2D eigenvalue weighted by molar-refractivity contribution is 9.10. The molecule has 1 saturated heterocycles. The molecule has 2 aliphatic heterocycles. The molecule has 96 valence electrons. The lowest BCUT2D eigenvalue weighted by atomic mass is 10.1. The number of hydrogen-bond acceptors (Lipinski definition) is 3. The summed E-state index contributed by atoms with van der Waals surface area (Å²) in [4.78, 5) is 26.0. The fraction of sp³-hybridized carbons (Fsp3) is 0.500. The second-order valence-electron chi connectivity index (χ2n) is 4.61. The summed E-state index contributed by atoms with van der Waals surface area (Å²) in [5.74, 6) is -0.104. The van der Waals surface area contributed by atoms with Gasteiger partial charge in [0.15, 0.2) is 11.7 Å². The third kappa shape index (κ3) is 1.63. The van der Waals surface area contributed by atoms with Crippen LogP contribution in [0.15, 0.2) is 15.5 Å². The van der Waals surface area contributed by atoms with E-state index in [0.29, 0.717) is 35.4 Å². The number of aromatic nitrogens is 1. The molecule has 6 heteroatoms. The molecule has 18 heavy (non-hydrogen) atoms. The Morgan fingerprint density at radius 2 is 2.22 bits per heavy atom. The van der Waals surface area contributed by atoms with Crippen molar-refractivity contribution < 1.29 is 9.53 Å². The minimum Gasteiger partial charge on any atom is -0.356 e. The Hall–Kier alpha value is -1.14. The summed E-state index contributed by atoms with van der Waals surface area (Å²) in [6, 6.07) is 0. The van der Waals surface area contributed by atoms with Gasteiger partial charge >= 0.3 is 0 Å². The number of rotatable bonds is 0. The molecule has 0 bridgehead atoms. The van der Waals surface area contributed by atoms with Crippen molar-refractivity contribution in [1.29, 1.82) is 0 Å². The molecular weight excluding hydrogens is 300 g/mol. The summed E-state index contributed by atoms with van der Waals surface area (Å²) in [5.41, 5.74) is 0.870. The molecule has 5 nitrogen and oxygen atoms in total. The summed E-state index contributed by atoms with van der Waals surface area (Å²) in [6.45, 7) is 3.67. The van der Waals surface area contributed by atoms with Crippen LogP contribution < -0.4 is 5.43 Å². The smallest absolute Gasteiger partial charge is 0.272 e. The molecule has 0 aliphatic carbocycles. The van der Waals surface area contributed by atoms with Crippen molar-refractivity contribution >= 4 is 21.8 Å². The lowest BCUT2D eigenvalue weighted by molar-refractivity contribution is -0.0918. The summed E-state index contributed by atoms with van der Waals surface area (Å²) in [5, 5.41) is 0. The van der Waals surface area contributed by atoms with E-state index in [1.54, 1.807) is 18.0 Å². The lowest BCUT2D eigenvalue weighted by Gasteiger charge is -2.40. The van der Waals surface area contributed by atoms with E-state index in [4.69, 9.17) is 4.74 Å². The van der Waals surface area contributed by atoms with Gasteiger partial charge in [-0.15, -0.1) is 0 Å². The predicted octanol–water partition coefficient (Wildman–Crippen LogP) is 1.12. The number of ether oxygens (including phenoxy) is 1. The van der Waals surface area contributed by atoms with Crippen LogP contribution in [-0.4, -0.2) is 34.8 Å². The van der Waals surface area contributed by atoms with E-state index in [1.165, 1.54) is 0 Å². The van der Waals surface area contributed by atoms with Gasteiger partial charge < -0.3 is 14.2 Å². The molecule has 3 rings (SSSR count). The van der Waals surface area contributed by atoms with E-state index in [0.717, 1.165) is 6.42 Å². The van der Waals surface area contributed by atoms with Gasteiger partial charge in [-0.1, -0.05) is 0 Å². The molecule has 1 amide bonds. The predicted molar refractivity (Wildman–Crippen MR) is 68.5 cm³/mol. The van der Waals surface area contributed by atoms with Crippen molar-refractivity contribution in [2.45, 2.75) is 26.1 Å². The Balaban J connectivity index is 2.16. The zero-order valence-electron chi connectivity index (χ0n) is 9.98. The van der Waals surface area contributed by atoms with Crippen LogP contribution in [0.3, 0.4) is 0 Å². The van der Waals surface area contributed by atoms with Crippen LogP contribution in [0, 0.1) is 6.92 Å². The molecule has 1 atom stereocenters. The fourth-order valence-corrected chi connectivity index (χ4v) is 3.11. The van der Waals surface area contributed by atoms with Gasteiger partial charge in [-0.05, 0) is 29.3 Å². The molecule has 3 heterocycles. The van der Waals surface area contributed by atoms with Crippen LogP contribution in [-0.2, 0) is 11.3 Å². The average molecular weight is 313 g/mol. The largest absolute Gasteiger partial charge is 0.356 e. The maximum Gasteiger partial charge on any atom is 0.272 e. The molecule has 1 aromatic rings. The molecule has 0 saturated carbocycles. The van der Waals surface area contributed by atoms with E-state index in [9.17, 15) is 9.59 Å². The van der Waals surface area contributed by atoms with Crippen LogP contribution in [0.25, 0.3) is 0 Å². The van der Waals surface area contributed by atoms with E-state index >= 15 is 0 Å². The molecule has 1 aromatic heterocycles. The molecule has 1 fully saturated rings. The van der Waals surface area contributed by atoms with Gasteiger partial charge in [0, 0.05) is 18.3 Å². The molecular formula is C12H13BrN2O3. The van der Waals surface area contributed by atoms with Crippen LogP contribution in [0.5, 0.6) is 0 Å². The monoisotopic (exact) mass is 312 g/mol. The normalized spacial score (nSPS) is 22.7. The topological polar surface area (TPSA) is 51.5 Å². The van der Waals surface area contributed by atoms with Crippen molar-refractivity contribution in [3.8, 4) is 0 Å². The van der Waals surface area contributed by atoms with Gasteiger partial charge in [-0.2, -0.15) is 0 Å². The maximum absolute atomic E-state index is 12.4. The van der Waals surface area contributed by atoms with E-state index in [1.807, 2.05) is 4.57 Å². The van der Waals surface area contributed by atoms with Crippen molar-refractivity contribution in [1.82, 2.24) is 9.47 Å². The Kier molecular flexibility index (Phi) is 2.79. The Bertz CT molecular complexity index is 581. The average Bonchev–Trinajstić information content (AvgIpc) is 2.36. The highest BCUT2D eigenvalue weighted by atomic mass is 79.9. The van der Waals surface area contributed by atoms with Gasteiger partial charge in [0.2, 0.25) is 0 Å². The van der Waals surface area contributed by atoms with E-state index in [-0.39, 0.29) is 17.6 Å². The van der Waals surface area contributed by atoms with Crippen molar-refractivity contribution in [2.75, 3.05) is 13.2 Å². The first-order valence-electron chi connectivity index (χ1n) is 5.91. The summed E-state index contributed by atoms with van der Waals surface area (Å²) in [6.07, 6.45) is 2.33. The standard InChI is InChI=1S/C12H13BrN2O3/c1-7-10-12(17)15-3-2-4-18-9(15)6-14(10)5-8(13)11(7)16/h5,9H,2-4,6H2,1H3. The second-order valence-corrected chi connectivity index (χ2v) is 5.46. The van der Waals surface area contributed by atoms with E-state index in [2.05, 4.69) is 15.9 Å². The first-order valence-corrected chi connectivity index (χ1v) is 6.71. The Morgan fingerprint density at radius 1 is 1.44 bits per heavy atom. The number of pyridine rings is 1. The SMILES string of the molecule is Cc1c2n(cc(Br)c1=O)CC1OCCCN1C2=O. The van der Waals surface area contributed by atoms with Crippen molar-refractivity contribution in [3.05, 3.63) is 32.2 Å². The van der Waals surface area contributed by atoms with Crippen molar-refractivity contribution in [3.63, 3.8) is 0 Å². The number of hydrogen-bond donors (Lipinski definition) is 0. The van der Waals surface area contributed by atoms with E-state index < -0.39 is 0 Å². The highest BCUT2D eigenvalue weighted by Gasteiger charge is 2.36. The molecule has 2 aliphatic rings. The van der Waals surface area contributed by atoms with Gasteiger partial charge in [0.05, 0.1) is 17.6 Å². The van der Waals surface area contributed by atoms with Gasteiger partial charge in [-0.25, -0.2) is 0 Å². The number of halogens is 1. The van der Waals surface area contributed by atoms with Crippen LogP contribution >= 0.6 is 15.9 Å². The zero-order valence-corrected chi connectivity index (χ0v) is 11.6. The minimum atomic E-state index is -0.201. The Labute approximate surface area is 112 Å². The number of amides is 1. The van der Waals surface area contributed by atoms with Gasteiger partial charge in [-0.3, -0.25) is 9.59 Å². The summed E-state index contributed by atoms with van der Waals surface area (Å²) >= 11 is 3.23. The molecule has 0 aromatic carbocycles. The summed E-state index contributed by atoms with van der Waals surface area (Å²) in [7, 11) is 0. The zero-order chi connectivity index (χ0) is 12.9. The number of carbonyl (C=O) groups is 1. The van der Waals surface area contributed by atoms with Crippen LogP contribution in [0.4, 0.5) is 0 Å².